The normalized spacial score (nSPS) is 4.17. The average Bonchev–Trinajstić information content (AvgIpc) is 0.811. The third kappa shape index (κ3) is 81.1. The summed E-state index contributed by atoms with van der Waals surface area (Å²) in [5, 5.41) is 7.42. The molecule has 0 saturated carbocycles. The zero-order valence-electron chi connectivity index (χ0n) is 2.73. The predicted octanol–water partition coefficient (Wildman–Crippen LogP) is -0.560. The van der Waals surface area contributed by atoms with Crippen molar-refractivity contribution in [3.63, 3.8) is 0 Å². The van der Waals surface area contributed by atoms with Gasteiger partial charge in [0.15, 0.2) is 0 Å². The maximum atomic E-state index is 9.00. The second kappa shape index (κ2) is 9.37. The molecule has 1 N–H and O–H groups in total. The maximum absolute atomic E-state index is 9.00. The van der Waals surface area contributed by atoms with Crippen LogP contribution in [0.5, 0.6) is 0 Å². The van der Waals surface area contributed by atoms with Gasteiger partial charge in [-0.2, -0.15) is 0 Å². The number of hydrogen-bond donors (Lipinski definition) is 1. The van der Waals surface area contributed by atoms with Crippen LogP contribution in [0.2, 0.25) is 0 Å². The van der Waals surface area contributed by atoms with Crippen molar-refractivity contribution in [2.45, 2.75) is 6.92 Å². The first-order valence-electron chi connectivity index (χ1n) is 0.928. The van der Waals surface area contributed by atoms with Gasteiger partial charge in [0.1, 0.15) is 0 Å². The molecule has 0 atom stereocenters. The van der Waals surface area contributed by atoms with E-state index in [1.807, 2.05) is 0 Å². The molecule has 6 heavy (non-hydrogen) atoms. The Kier molecular flexibility index (Phi) is 24.6. The Morgan fingerprint density at radius 3 is 1.67 bits per heavy atom. The van der Waals surface area contributed by atoms with Gasteiger partial charge in [0, 0.05) is 24.0 Å². The first kappa shape index (κ1) is 15.8. The van der Waals surface area contributed by atoms with Crippen LogP contribution in [0, 0.1) is 0 Å². The fraction of sp³-hybridized carbons (Fsp3) is 0.500. The first-order valence-corrected chi connectivity index (χ1v) is 0.928. The van der Waals surface area contributed by atoms with Gasteiger partial charge < -0.3 is 5.11 Å². The average molecular weight is 139 g/mol. The minimum absolute atomic E-state index is 0. The predicted molar refractivity (Wildman–Crippen MR) is 20.5 cm³/mol. The minimum atomic E-state index is -0.833. The molecule has 0 amide bonds. The van der Waals surface area contributed by atoms with Gasteiger partial charge >= 0.3 is 29.6 Å². The van der Waals surface area contributed by atoms with Crippen LogP contribution in [-0.4, -0.2) is 40.6 Å². The Morgan fingerprint density at radius 1 is 1.67 bits per heavy atom. The second-order valence-electron chi connectivity index (χ2n) is 0.519. The molecule has 0 unspecified atom stereocenters. The summed E-state index contributed by atoms with van der Waals surface area (Å²) in [4.78, 5) is 9.00. The molecule has 0 fully saturated rings. The van der Waals surface area contributed by atoms with Gasteiger partial charge in [-0.1, -0.05) is 0 Å². The zero-order valence-corrected chi connectivity index (χ0v) is 3.91. The van der Waals surface area contributed by atoms with E-state index in [1.54, 1.807) is 0 Å². The van der Waals surface area contributed by atoms with Crippen LogP contribution >= 0.6 is 0 Å². The molecule has 2 nitrogen and oxygen atoms in total. The van der Waals surface area contributed by atoms with E-state index < -0.39 is 5.97 Å². The summed E-state index contributed by atoms with van der Waals surface area (Å²) >= 11 is 0. The van der Waals surface area contributed by atoms with E-state index in [4.69, 9.17) is 9.90 Å². The summed E-state index contributed by atoms with van der Waals surface area (Å²) in [5.41, 5.74) is 0. The van der Waals surface area contributed by atoms with Crippen LogP contribution < -0.4 is 0 Å². The van der Waals surface area contributed by atoms with Gasteiger partial charge in [-0.15, -0.1) is 0 Å². The molecule has 1 radical (unpaired) electrons. The summed E-state index contributed by atoms with van der Waals surface area (Å²) in [5.74, 6) is -0.833. The molecule has 0 aliphatic rings. The van der Waals surface area contributed by atoms with Crippen molar-refractivity contribution in [2.24, 2.45) is 0 Å². The molecule has 0 aromatic heterocycles. The Bertz CT molecular complexity index is 34.5. The van der Waals surface area contributed by atoms with Crippen LogP contribution in [0.4, 0.5) is 0 Å². The molecular weight excluding hydrogens is 134 g/mol. The molecule has 0 aliphatic carbocycles. The first-order chi connectivity index (χ1) is 1.73. The van der Waals surface area contributed by atoms with Gasteiger partial charge in [0.05, 0.1) is 0 Å². The van der Waals surface area contributed by atoms with Gasteiger partial charge in [0.2, 0.25) is 0 Å². The van der Waals surface area contributed by atoms with E-state index in [2.05, 4.69) is 0 Å². The van der Waals surface area contributed by atoms with Crippen molar-refractivity contribution in [2.75, 3.05) is 0 Å². The van der Waals surface area contributed by atoms with E-state index in [-0.39, 0.29) is 46.6 Å². The molecule has 0 rings (SSSR count). The standard InChI is InChI=1S/C2H4O2.Mn.Na.H/c1-2(3)4;;;/h1H3,(H,3,4);;;. The quantitative estimate of drug-likeness (QED) is 0.456. The van der Waals surface area contributed by atoms with Gasteiger partial charge in [-0.05, 0) is 0 Å². The number of rotatable bonds is 0. The monoisotopic (exact) mass is 139 g/mol. The Labute approximate surface area is 69.1 Å². The van der Waals surface area contributed by atoms with Crippen molar-refractivity contribution in [3.05, 3.63) is 0 Å². The number of aliphatic carboxylic acids is 1. The van der Waals surface area contributed by atoms with Crippen LogP contribution in [0.1, 0.15) is 6.92 Å². The molecule has 0 spiro atoms. The molecule has 33 valence electrons. The van der Waals surface area contributed by atoms with E-state index in [9.17, 15) is 0 Å². The Morgan fingerprint density at radius 2 is 1.67 bits per heavy atom. The molecule has 0 bridgehead atoms. The fourth-order valence-electron chi connectivity index (χ4n) is 0. The van der Waals surface area contributed by atoms with Crippen molar-refractivity contribution >= 4 is 35.5 Å². The Hall–Kier alpha value is 0.989. The summed E-state index contributed by atoms with van der Waals surface area (Å²) in [7, 11) is 0. The van der Waals surface area contributed by atoms with Crippen LogP contribution in [0.15, 0.2) is 0 Å². The van der Waals surface area contributed by atoms with Gasteiger partial charge in [0.25, 0.3) is 5.97 Å². The van der Waals surface area contributed by atoms with Crippen LogP contribution in [0.3, 0.4) is 0 Å². The second-order valence-corrected chi connectivity index (χ2v) is 0.519. The van der Waals surface area contributed by atoms with Crippen molar-refractivity contribution < 1.29 is 27.0 Å². The molecule has 0 saturated heterocycles. The Balaban J connectivity index is -0.0000000450. The summed E-state index contributed by atoms with van der Waals surface area (Å²) in [6.45, 7) is 1.08. The molecule has 0 aliphatic heterocycles. The summed E-state index contributed by atoms with van der Waals surface area (Å²) < 4.78 is 0. The van der Waals surface area contributed by atoms with Crippen LogP contribution in [0.25, 0.3) is 0 Å². The van der Waals surface area contributed by atoms with Gasteiger partial charge in [-0.25, -0.2) is 0 Å². The van der Waals surface area contributed by atoms with Crippen molar-refractivity contribution in [1.29, 1.82) is 0 Å². The molecule has 0 heterocycles. The number of carboxylic acids is 1. The van der Waals surface area contributed by atoms with Crippen LogP contribution in [-0.2, 0) is 21.9 Å². The van der Waals surface area contributed by atoms with E-state index in [0.29, 0.717) is 0 Å². The molecular formula is C2H5MnNaO2. The molecule has 0 aromatic carbocycles. The van der Waals surface area contributed by atoms with Crippen molar-refractivity contribution in [1.82, 2.24) is 0 Å². The summed E-state index contributed by atoms with van der Waals surface area (Å²) in [6.07, 6.45) is 0. The number of carboxylic acid groups (broad SMARTS) is 1. The van der Waals surface area contributed by atoms with Crippen molar-refractivity contribution in [3.8, 4) is 0 Å². The van der Waals surface area contributed by atoms with E-state index in [0.717, 1.165) is 6.92 Å². The van der Waals surface area contributed by atoms with Gasteiger partial charge in [-0.3, -0.25) is 4.79 Å². The fourth-order valence-corrected chi connectivity index (χ4v) is 0. The third-order valence-corrected chi connectivity index (χ3v) is 0. The molecule has 0 aromatic rings. The zero-order chi connectivity index (χ0) is 3.58. The molecule has 4 heteroatoms. The number of carbonyl (C=O) groups is 1. The number of hydrogen-bond acceptors (Lipinski definition) is 1. The van der Waals surface area contributed by atoms with E-state index >= 15 is 0 Å². The summed E-state index contributed by atoms with van der Waals surface area (Å²) in [6, 6.07) is 0. The topological polar surface area (TPSA) is 37.3 Å². The SMILES string of the molecule is CC(=O)O.[Mn].[NaH]. The third-order valence-electron chi connectivity index (χ3n) is 0. The van der Waals surface area contributed by atoms with E-state index in [1.165, 1.54) is 0 Å².